The molecule has 11 heavy (non-hydrogen) atoms. The van der Waals surface area contributed by atoms with Crippen molar-refractivity contribution in [2.45, 2.75) is 37.6 Å². The lowest BCUT2D eigenvalue weighted by molar-refractivity contribution is -0.131. The SMILES string of the molecule is CCC(=O)N1CCC(Br)[C@@H]1C. The molecular weight excluding hydrogens is 206 g/mol. The monoisotopic (exact) mass is 219 g/mol. The molecule has 64 valence electrons. The van der Waals surface area contributed by atoms with Crippen LogP contribution in [0.1, 0.15) is 26.7 Å². The smallest absolute Gasteiger partial charge is 0.222 e. The molecule has 1 fully saturated rings. The van der Waals surface area contributed by atoms with Crippen molar-refractivity contribution < 1.29 is 4.79 Å². The molecule has 0 aromatic carbocycles. The fourth-order valence-corrected chi connectivity index (χ4v) is 1.95. The van der Waals surface area contributed by atoms with Crippen molar-refractivity contribution in [3.05, 3.63) is 0 Å². The van der Waals surface area contributed by atoms with E-state index in [1.54, 1.807) is 0 Å². The van der Waals surface area contributed by atoms with E-state index < -0.39 is 0 Å². The summed E-state index contributed by atoms with van der Waals surface area (Å²) in [6.07, 6.45) is 1.72. The Labute approximate surface area is 76.1 Å². The van der Waals surface area contributed by atoms with Crippen LogP contribution in [0.25, 0.3) is 0 Å². The first-order valence-electron chi connectivity index (χ1n) is 4.10. The predicted octanol–water partition coefficient (Wildman–Crippen LogP) is 1.78. The van der Waals surface area contributed by atoms with E-state index in [1.165, 1.54) is 0 Å². The highest BCUT2D eigenvalue weighted by Gasteiger charge is 2.30. The fourth-order valence-electron chi connectivity index (χ4n) is 1.46. The number of carbonyl (C=O) groups is 1. The number of nitrogens with zero attached hydrogens (tertiary/aromatic N) is 1. The van der Waals surface area contributed by atoms with Gasteiger partial charge in [0.1, 0.15) is 0 Å². The van der Waals surface area contributed by atoms with Crippen molar-refractivity contribution in [1.82, 2.24) is 4.90 Å². The van der Waals surface area contributed by atoms with Crippen LogP contribution in [0.15, 0.2) is 0 Å². The Morgan fingerprint density at radius 3 is 2.73 bits per heavy atom. The van der Waals surface area contributed by atoms with Gasteiger partial charge in [-0.05, 0) is 13.3 Å². The van der Waals surface area contributed by atoms with Gasteiger partial charge in [-0.2, -0.15) is 0 Å². The summed E-state index contributed by atoms with van der Waals surface area (Å²) in [5.74, 6) is 0.277. The second-order valence-electron chi connectivity index (χ2n) is 2.99. The zero-order valence-corrected chi connectivity index (χ0v) is 8.60. The third kappa shape index (κ3) is 1.75. The van der Waals surface area contributed by atoms with E-state index in [4.69, 9.17) is 0 Å². The van der Waals surface area contributed by atoms with Gasteiger partial charge in [-0.15, -0.1) is 0 Å². The van der Waals surface area contributed by atoms with Crippen LogP contribution < -0.4 is 0 Å². The van der Waals surface area contributed by atoms with Crippen LogP contribution in [0.4, 0.5) is 0 Å². The Kier molecular flexibility index (Phi) is 2.93. The molecule has 1 aliphatic heterocycles. The molecule has 2 atom stereocenters. The molecule has 0 bridgehead atoms. The Bertz CT molecular complexity index is 160. The topological polar surface area (TPSA) is 20.3 Å². The Hall–Kier alpha value is -0.0500. The maximum absolute atomic E-state index is 11.3. The fraction of sp³-hybridized carbons (Fsp3) is 0.875. The number of likely N-dealkylation sites (tertiary alicyclic amines) is 1. The zero-order chi connectivity index (χ0) is 8.43. The van der Waals surface area contributed by atoms with Crippen molar-refractivity contribution in [2.24, 2.45) is 0 Å². The summed E-state index contributed by atoms with van der Waals surface area (Å²) >= 11 is 3.55. The lowest BCUT2D eigenvalue weighted by Crippen LogP contribution is -2.35. The number of carbonyl (C=O) groups excluding carboxylic acids is 1. The van der Waals surface area contributed by atoms with Gasteiger partial charge in [0.2, 0.25) is 5.91 Å². The molecule has 1 saturated heterocycles. The molecule has 0 spiro atoms. The first kappa shape index (κ1) is 9.04. The van der Waals surface area contributed by atoms with E-state index in [-0.39, 0.29) is 5.91 Å². The van der Waals surface area contributed by atoms with E-state index in [9.17, 15) is 4.79 Å². The minimum atomic E-state index is 0.277. The molecule has 0 saturated carbocycles. The van der Waals surface area contributed by atoms with Crippen molar-refractivity contribution in [1.29, 1.82) is 0 Å². The average molecular weight is 220 g/mol. The molecule has 0 aliphatic carbocycles. The summed E-state index contributed by atoms with van der Waals surface area (Å²) in [6.45, 7) is 4.93. The van der Waals surface area contributed by atoms with Crippen LogP contribution in [0.3, 0.4) is 0 Å². The molecule has 1 rings (SSSR count). The highest BCUT2D eigenvalue weighted by atomic mass is 79.9. The van der Waals surface area contributed by atoms with Crippen LogP contribution in [-0.4, -0.2) is 28.2 Å². The molecule has 3 heteroatoms. The lowest BCUT2D eigenvalue weighted by atomic mass is 10.2. The van der Waals surface area contributed by atoms with E-state index >= 15 is 0 Å². The molecule has 0 aromatic heterocycles. The molecule has 1 amide bonds. The molecule has 0 aromatic rings. The van der Waals surface area contributed by atoms with Gasteiger partial charge in [0.15, 0.2) is 0 Å². The number of hydrogen-bond donors (Lipinski definition) is 0. The lowest BCUT2D eigenvalue weighted by Gasteiger charge is -2.21. The second-order valence-corrected chi connectivity index (χ2v) is 4.16. The maximum atomic E-state index is 11.3. The summed E-state index contributed by atoms with van der Waals surface area (Å²) in [5.41, 5.74) is 0. The van der Waals surface area contributed by atoms with Crippen molar-refractivity contribution >= 4 is 21.8 Å². The number of rotatable bonds is 1. The highest BCUT2D eigenvalue weighted by Crippen LogP contribution is 2.24. The number of hydrogen-bond acceptors (Lipinski definition) is 1. The zero-order valence-electron chi connectivity index (χ0n) is 7.01. The maximum Gasteiger partial charge on any atom is 0.222 e. The van der Waals surface area contributed by atoms with Crippen LogP contribution in [0.5, 0.6) is 0 Å². The molecule has 0 radical (unpaired) electrons. The molecule has 1 heterocycles. The standard InChI is InChI=1S/C8H14BrNO/c1-3-8(11)10-5-4-7(9)6(10)2/h6-7H,3-5H2,1-2H3/t6-,7?/m0/s1. The predicted molar refractivity (Wildman–Crippen MR) is 48.8 cm³/mol. The number of amides is 1. The molecule has 2 nitrogen and oxygen atoms in total. The number of halogens is 1. The van der Waals surface area contributed by atoms with Crippen molar-refractivity contribution in [3.63, 3.8) is 0 Å². The quantitative estimate of drug-likeness (QED) is 0.617. The summed E-state index contributed by atoms with van der Waals surface area (Å²) in [5, 5.41) is 0. The van der Waals surface area contributed by atoms with E-state index in [1.807, 2.05) is 11.8 Å². The second kappa shape index (κ2) is 3.57. The van der Waals surface area contributed by atoms with Crippen LogP contribution in [-0.2, 0) is 4.79 Å². The molecule has 1 aliphatic rings. The average Bonchev–Trinajstić information content (AvgIpc) is 2.32. The van der Waals surface area contributed by atoms with E-state index in [0.717, 1.165) is 13.0 Å². The Balaban J connectivity index is 2.54. The van der Waals surface area contributed by atoms with E-state index in [2.05, 4.69) is 22.9 Å². The summed E-state index contributed by atoms with van der Waals surface area (Å²) in [7, 11) is 0. The first-order valence-corrected chi connectivity index (χ1v) is 5.02. The minimum absolute atomic E-state index is 0.277. The number of alkyl halides is 1. The van der Waals surface area contributed by atoms with Gasteiger partial charge in [0, 0.05) is 23.8 Å². The van der Waals surface area contributed by atoms with Crippen LogP contribution in [0, 0.1) is 0 Å². The molecule has 0 N–H and O–H groups in total. The summed E-state index contributed by atoms with van der Waals surface area (Å²) in [4.78, 5) is 13.7. The molecule has 1 unspecified atom stereocenters. The van der Waals surface area contributed by atoms with Gasteiger partial charge < -0.3 is 4.90 Å². The van der Waals surface area contributed by atoms with Crippen molar-refractivity contribution in [3.8, 4) is 0 Å². The van der Waals surface area contributed by atoms with Gasteiger partial charge in [-0.3, -0.25) is 4.79 Å². The van der Waals surface area contributed by atoms with Gasteiger partial charge in [-0.25, -0.2) is 0 Å². The summed E-state index contributed by atoms with van der Waals surface area (Å²) < 4.78 is 0. The van der Waals surface area contributed by atoms with Crippen molar-refractivity contribution in [2.75, 3.05) is 6.54 Å². The summed E-state index contributed by atoms with van der Waals surface area (Å²) in [6, 6.07) is 0.377. The molecular formula is C8H14BrNO. The van der Waals surface area contributed by atoms with Crippen LogP contribution in [0.2, 0.25) is 0 Å². The minimum Gasteiger partial charge on any atom is -0.339 e. The van der Waals surface area contributed by atoms with Gasteiger partial charge in [-0.1, -0.05) is 22.9 Å². The Morgan fingerprint density at radius 1 is 1.73 bits per heavy atom. The largest absolute Gasteiger partial charge is 0.339 e. The third-order valence-electron chi connectivity index (χ3n) is 2.28. The first-order chi connectivity index (χ1) is 5.16. The highest BCUT2D eigenvalue weighted by molar-refractivity contribution is 9.09. The normalized spacial score (nSPS) is 31.0. The third-order valence-corrected chi connectivity index (χ3v) is 3.51. The van der Waals surface area contributed by atoms with Gasteiger partial charge in [0.05, 0.1) is 0 Å². The van der Waals surface area contributed by atoms with E-state index in [0.29, 0.717) is 17.3 Å². The van der Waals surface area contributed by atoms with Gasteiger partial charge in [0.25, 0.3) is 0 Å². The Morgan fingerprint density at radius 2 is 2.36 bits per heavy atom. The van der Waals surface area contributed by atoms with Gasteiger partial charge >= 0.3 is 0 Å². The van der Waals surface area contributed by atoms with Crippen LogP contribution >= 0.6 is 15.9 Å².